The first kappa shape index (κ1) is 14.0. The molecule has 1 aliphatic rings. The van der Waals surface area contributed by atoms with E-state index < -0.39 is 10.0 Å². The smallest absolute Gasteiger partial charge is 0.242 e. The molecular weight excluding hydrogens is 264 g/mol. The van der Waals surface area contributed by atoms with Gasteiger partial charge in [-0.05, 0) is 25.0 Å². The first-order chi connectivity index (χ1) is 9.00. The summed E-state index contributed by atoms with van der Waals surface area (Å²) in [6.07, 6.45) is 1.50. The van der Waals surface area contributed by atoms with E-state index >= 15 is 0 Å². The van der Waals surface area contributed by atoms with Gasteiger partial charge in [0, 0.05) is 19.3 Å². The van der Waals surface area contributed by atoms with E-state index in [-0.39, 0.29) is 18.2 Å². The van der Waals surface area contributed by atoms with Crippen LogP contribution in [-0.2, 0) is 14.8 Å². The zero-order valence-corrected chi connectivity index (χ0v) is 11.8. The van der Waals surface area contributed by atoms with Crippen molar-refractivity contribution in [3.05, 3.63) is 30.3 Å². The third-order valence-corrected chi connectivity index (χ3v) is 5.19. The van der Waals surface area contributed by atoms with Gasteiger partial charge >= 0.3 is 0 Å². The van der Waals surface area contributed by atoms with E-state index in [0.29, 0.717) is 13.0 Å². The van der Waals surface area contributed by atoms with Crippen LogP contribution in [0.15, 0.2) is 30.3 Å². The summed E-state index contributed by atoms with van der Waals surface area (Å²) in [5.74, 6) is -0.0633. The highest BCUT2D eigenvalue weighted by Crippen LogP contribution is 2.15. The molecule has 0 N–H and O–H groups in total. The highest BCUT2D eigenvalue weighted by molar-refractivity contribution is 7.89. The lowest BCUT2D eigenvalue weighted by Crippen LogP contribution is -2.44. The van der Waals surface area contributed by atoms with Gasteiger partial charge in [0.05, 0.1) is 12.3 Å². The van der Waals surface area contributed by atoms with Crippen LogP contribution in [0.25, 0.3) is 0 Å². The number of benzene rings is 1. The van der Waals surface area contributed by atoms with Gasteiger partial charge in [0.1, 0.15) is 0 Å². The second-order valence-corrected chi connectivity index (χ2v) is 6.73. The van der Waals surface area contributed by atoms with Gasteiger partial charge in [-0.1, -0.05) is 18.2 Å². The monoisotopic (exact) mass is 282 g/mol. The van der Waals surface area contributed by atoms with Crippen LogP contribution >= 0.6 is 0 Å². The summed E-state index contributed by atoms with van der Waals surface area (Å²) in [5, 5.41) is 0. The minimum absolute atomic E-state index is 0.0757. The number of hydrogen-bond donors (Lipinski definition) is 0. The molecular formula is C13H18N2O3S. The molecule has 1 aromatic rings. The molecule has 104 valence electrons. The van der Waals surface area contributed by atoms with Gasteiger partial charge in [-0.25, -0.2) is 8.42 Å². The van der Waals surface area contributed by atoms with Gasteiger partial charge in [-0.2, -0.15) is 4.31 Å². The predicted octanol–water partition coefficient (Wildman–Crippen LogP) is 1.07. The maximum Gasteiger partial charge on any atom is 0.242 e. The van der Waals surface area contributed by atoms with Crippen molar-refractivity contribution in [1.29, 1.82) is 0 Å². The molecule has 6 heteroatoms. The molecule has 0 unspecified atom stereocenters. The number of amides is 1. The van der Waals surface area contributed by atoms with Crippen molar-refractivity contribution in [1.82, 2.24) is 4.31 Å². The summed E-state index contributed by atoms with van der Waals surface area (Å²) in [4.78, 5) is 13.6. The first-order valence-corrected chi connectivity index (χ1v) is 7.91. The van der Waals surface area contributed by atoms with Crippen LogP contribution in [0.1, 0.15) is 12.8 Å². The van der Waals surface area contributed by atoms with Gasteiger partial charge in [0.25, 0.3) is 0 Å². The van der Waals surface area contributed by atoms with Gasteiger partial charge < -0.3 is 4.90 Å². The number of sulfonamides is 1. The topological polar surface area (TPSA) is 57.7 Å². The lowest BCUT2D eigenvalue weighted by atomic mass is 10.3. The molecule has 1 fully saturated rings. The second-order valence-electron chi connectivity index (χ2n) is 4.64. The molecule has 2 rings (SSSR count). The fourth-order valence-corrected chi connectivity index (χ4v) is 3.61. The molecule has 1 saturated heterocycles. The van der Waals surface area contributed by atoms with Crippen molar-refractivity contribution in [3.8, 4) is 0 Å². The minimum Gasteiger partial charge on any atom is -0.314 e. The van der Waals surface area contributed by atoms with Crippen LogP contribution in [0, 0.1) is 0 Å². The number of likely N-dealkylation sites (N-methyl/N-ethyl adjacent to an activating group) is 1. The van der Waals surface area contributed by atoms with Crippen molar-refractivity contribution in [2.24, 2.45) is 0 Å². The van der Waals surface area contributed by atoms with Crippen LogP contribution in [0.4, 0.5) is 5.69 Å². The molecule has 5 nitrogen and oxygen atoms in total. The summed E-state index contributed by atoms with van der Waals surface area (Å²) in [6.45, 7) is 0.366. The molecule has 0 atom stereocenters. The van der Waals surface area contributed by atoms with E-state index in [0.717, 1.165) is 12.1 Å². The van der Waals surface area contributed by atoms with Crippen molar-refractivity contribution < 1.29 is 13.2 Å². The van der Waals surface area contributed by atoms with Crippen LogP contribution in [0.3, 0.4) is 0 Å². The van der Waals surface area contributed by atoms with Crippen molar-refractivity contribution in [2.75, 3.05) is 30.8 Å². The standard InChI is InChI=1S/C13H18N2O3S/c1-14(12-7-3-2-4-8-12)13(16)11-15-9-5-6-10-19(15,17)18/h2-4,7-8H,5-6,9-11H2,1H3. The molecule has 0 aromatic heterocycles. The minimum atomic E-state index is -3.25. The Labute approximate surface area is 113 Å². The van der Waals surface area contributed by atoms with E-state index in [2.05, 4.69) is 0 Å². The van der Waals surface area contributed by atoms with Gasteiger partial charge in [0.15, 0.2) is 0 Å². The molecule has 0 spiro atoms. The molecule has 19 heavy (non-hydrogen) atoms. The third-order valence-electron chi connectivity index (χ3n) is 3.28. The average molecular weight is 282 g/mol. The molecule has 0 bridgehead atoms. The zero-order chi connectivity index (χ0) is 13.9. The Bertz CT molecular complexity index is 542. The van der Waals surface area contributed by atoms with Crippen LogP contribution in [0.5, 0.6) is 0 Å². The summed E-state index contributed by atoms with van der Waals surface area (Å²) in [5.41, 5.74) is 0.766. The maximum atomic E-state index is 12.1. The third kappa shape index (κ3) is 3.33. The summed E-state index contributed by atoms with van der Waals surface area (Å²) in [7, 11) is -1.59. The Morgan fingerprint density at radius 1 is 1.26 bits per heavy atom. The summed E-state index contributed by atoms with van der Waals surface area (Å²) in [6, 6.07) is 9.20. The van der Waals surface area contributed by atoms with Gasteiger partial charge in [-0.15, -0.1) is 0 Å². The predicted molar refractivity (Wildman–Crippen MR) is 74.4 cm³/mol. The van der Waals surface area contributed by atoms with E-state index in [4.69, 9.17) is 0 Å². The van der Waals surface area contributed by atoms with Crippen molar-refractivity contribution in [3.63, 3.8) is 0 Å². The molecule has 1 heterocycles. The largest absolute Gasteiger partial charge is 0.314 e. The Kier molecular flexibility index (Phi) is 4.21. The molecule has 1 aromatic carbocycles. The highest BCUT2D eigenvalue weighted by atomic mass is 32.2. The van der Waals surface area contributed by atoms with E-state index in [1.807, 2.05) is 30.3 Å². The van der Waals surface area contributed by atoms with Gasteiger partial charge in [0.2, 0.25) is 15.9 Å². The summed E-state index contributed by atoms with van der Waals surface area (Å²) >= 11 is 0. The normalized spacial score (nSPS) is 19.0. The van der Waals surface area contributed by atoms with Gasteiger partial charge in [-0.3, -0.25) is 4.79 Å². The number of rotatable bonds is 3. The Hall–Kier alpha value is -1.40. The molecule has 0 aliphatic carbocycles. The van der Waals surface area contributed by atoms with Crippen LogP contribution < -0.4 is 4.90 Å². The van der Waals surface area contributed by atoms with E-state index in [1.165, 1.54) is 9.21 Å². The van der Waals surface area contributed by atoms with E-state index in [9.17, 15) is 13.2 Å². The quantitative estimate of drug-likeness (QED) is 0.833. The van der Waals surface area contributed by atoms with Crippen LogP contribution in [0.2, 0.25) is 0 Å². The number of carbonyl (C=O) groups is 1. The number of carbonyl (C=O) groups excluding carboxylic acids is 1. The lowest BCUT2D eigenvalue weighted by molar-refractivity contribution is -0.118. The first-order valence-electron chi connectivity index (χ1n) is 6.30. The molecule has 0 saturated carbocycles. The fourth-order valence-electron chi connectivity index (χ4n) is 2.07. The fraction of sp³-hybridized carbons (Fsp3) is 0.462. The zero-order valence-electron chi connectivity index (χ0n) is 10.9. The molecule has 1 amide bonds. The SMILES string of the molecule is CN(C(=O)CN1CCCCS1(=O)=O)c1ccccc1. The molecule has 0 radical (unpaired) electrons. The van der Waals surface area contributed by atoms with Crippen molar-refractivity contribution in [2.45, 2.75) is 12.8 Å². The Morgan fingerprint density at radius 2 is 1.95 bits per heavy atom. The second kappa shape index (κ2) is 5.71. The van der Waals surface area contributed by atoms with Crippen molar-refractivity contribution >= 4 is 21.6 Å². The Balaban J connectivity index is 2.05. The van der Waals surface area contributed by atoms with E-state index in [1.54, 1.807) is 7.05 Å². The number of para-hydroxylation sites is 1. The number of anilines is 1. The number of nitrogens with zero attached hydrogens (tertiary/aromatic N) is 2. The maximum absolute atomic E-state index is 12.1. The Morgan fingerprint density at radius 3 is 2.58 bits per heavy atom. The highest BCUT2D eigenvalue weighted by Gasteiger charge is 2.28. The lowest BCUT2D eigenvalue weighted by Gasteiger charge is -2.27. The number of hydrogen-bond acceptors (Lipinski definition) is 3. The molecule has 1 aliphatic heterocycles. The summed E-state index contributed by atoms with van der Waals surface area (Å²) < 4.78 is 25.0. The average Bonchev–Trinajstić information content (AvgIpc) is 2.41. The van der Waals surface area contributed by atoms with Crippen LogP contribution in [-0.4, -0.2) is 44.5 Å².